The Morgan fingerprint density at radius 1 is 1.29 bits per heavy atom. The molecule has 0 aliphatic heterocycles. The van der Waals surface area contributed by atoms with Gasteiger partial charge >= 0.3 is 5.97 Å². The zero-order valence-corrected chi connectivity index (χ0v) is 9.63. The molecule has 0 heterocycles. The van der Waals surface area contributed by atoms with Gasteiger partial charge in [0.15, 0.2) is 0 Å². The number of carboxylic acids is 1. The number of aliphatic carboxylic acids is 1. The molecule has 1 aromatic rings. The van der Waals surface area contributed by atoms with Crippen LogP contribution in [0.4, 0.5) is 0 Å². The average Bonchev–Trinajstić information content (AvgIpc) is 2.33. The third kappa shape index (κ3) is 2.53. The topological polar surface area (TPSA) is 37.3 Å². The summed E-state index contributed by atoms with van der Waals surface area (Å²) in [7, 11) is 0. The Bertz CT molecular complexity index is 507. The molecule has 0 bridgehead atoms. The summed E-state index contributed by atoms with van der Waals surface area (Å²) in [6, 6.07) is 9.77. The van der Waals surface area contributed by atoms with Gasteiger partial charge in [0.1, 0.15) is 5.92 Å². The highest BCUT2D eigenvalue weighted by Crippen LogP contribution is 2.27. The molecule has 0 aromatic heterocycles. The van der Waals surface area contributed by atoms with Crippen LogP contribution in [0.15, 0.2) is 59.7 Å². The number of allylic oxidation sites excluding steroid dienone is 3. The van der Waals surface area contributed by atoms with Crippen LogP contribution in [0.25, 0.3) is 6.08 Å². The van der Waals surface area contributed by atoms with E-state index in [1.54, 1.807) is 12.2 Å². The lowest BCUT2D eigenvalue weighted by Crippen LogP contribution is -2.16. The molecule has 1 atom stereocenters. The van der Waals surface area contributed by atoms with Gasteiger partial charge in [-0.05, 0) is 23.6 Å². The van der Waals surface area contributed by atoms with Crippen molar-refractivity contribution >= 4 is 12.0 Å². The normalized spacial score (nSPS) is 21.4. The van der Waals surface area contributed by atoms with Crippen LogP contribution in [0, 0.1) is 5.92 Å². The highest BCUT2D eigenvalue weighted by atomic mass is 16.4. The van der Waals surface area contributed by atoms with E-state index in [4.69, 9.17) is 0 Å². The molecule has 0 saturated carbocycles. The van der Waals surface area contributed by atoms with E-state index < -0.39 is 11.9 Å². The Morgan fingerprint density at radius 3 is 2.65 bits per heavy atom. The van der Waals surface area contributed by atoms with E-state index in [1.165, 1.54) is 0 Å². The second-order valence-electron chi connectivity index (χ2n) is 4.06. The molecular weight excluding hydrogens is 212 g/mol. The summed E-state index contributed by atoms with van der Waals surface area (Å²) in [6.07, 6.45) is 7.39. The lowest BCUT2D eigenvalue weighted by Gasteiger charge is -2.17. The smallest absolute Gasteiger partial charge is 0.314 e. The number of carboxylic acid groups (broad SMARTS) is 1. The summed E-state index contributed by atoms with van der Waals surface area (Å²) >= 11 is 0. The van der Waals surface area contributed by atoms with E-state index in [9.17, 15) is 9.90 Å². The van der Waals surface area contributed by atoms with Crippen LogP contribution in [0.5, 0.6) is 0 Å². The number of carbonyl (C=O) groups is 1. The Hall–Kier alpha value is -2.09. The minimum atomic E-state index is -0.809. The zero-order chi connectivity index (χ0) is 12.3. The van der Waals surface area contributed by atoms with Gasteiger partial charge in [-0.2, -0.15) is 0 Å². The molecule has 0 amide bonds. The molecule has 1 aliphatic rings. The van der Waals surface area contributed by atoms with Crippen molar-refractivity contribution in [2.75, 3.05) is 0 Å². The second kappa shape index (κ2) is 4.83. The first-order valence-corrected chi connectivity index (χ1v) is 5.53. The van der Waals surface area contributed by atoms with Crippen LogP contribution in [0.1, 0.15) is 12.5 Å². The quantitative estimate of drug-likeness (QED) is 0.840. The van der Waals surface area contributed by atoms with E-state index in [0.29, 0.717) is 0 Å². The monoisotopic (exact) mass is 226 g/mol. The van der Waals surface area contributed by atoms with Crippen LogP contribution in [-0.2, 0) is 4.79 Å². The molecule has 1 aromatic carbocycles. The predicted octanol–water partition coefficient (Wildman–Crippen LogP) is 3.29. The van der Waals surface area contributed by atoms with Gasteiger partial charge in [-0.1, -0.05) is 54.6 Å². The molecule has 2 nitrogen and oxygen atoms in total. The third-order valence-electron chi connectivity index (χ3n) is 2.83. The summed E-state index contributed by atoms with van der Waals surface area (Å²) in [5, 5.41) is 9.19. The molecule has 2 heteroatoms. The molecule has 1 unspecified atom stereocenters. The SMILES string of the molecule is CC1=CC=CC(C(=O)O)C1=Cc1ccccc1. The van der Waals surface area contributed by atoms with Crippen molar-refractivity contribution in [2.45, 2.75) is 6.92 Å². The molecule has 17 heavy (non-hydrogen) atoms. The van der Waals surface area contributed by atoms with Crippen molar-refractivity contribution in [2.24, 2.45) is 5.92 Å². The van der Waals surface area contributed by atoms with Crippen molar-refractivity contribution < 1.29 is 9.90 Å². The fourth-order valence-electron chi connectivity index (χ4n) is 1.90. The van der Waals surface area contributed by atoms with Gasteiger partial charge in [-0.25, -0.2) is 0 Å². The van der Waals surface area contributed by atoms with E-state index in [-0.39, 0.29) is 0 Å². The van der Waals surface area contributed by atoms with Crippen LogP contribution in [0.3, 0.4) is 0 Å². The fraction of sp³-hybridized carbons (Fsp3) is 0.133. The molecule has 0 saturated heterocycles. The summed E-state index contributed by atoms with van der Waals surface area (Å²) in [6.45, 7) is 1.94. The van der Waals surface area contributed by atoms with Gasteiger partial charge < -0.3 is 5.11 Å². The Labute approximate surface area is 101 Å². The van der Waals surface area contributed by atoms with E-state index in [1.807, 2.05) is 49.4 Å². The number of rotatable bonds is 2. The molecule has 1 aliphatic carbocycles. The van der Waals surface area contributed by atoms with Gasteiger partial charge in [-0.15, -0.1) is 0 Å². The largest absolute Gasteiger partial charge is 0.481 e. The van der Waals surface area contributed by atoms with E-state index in [0.717, 1.165) is 16.7 Å². The van der Waals surface area contributed by atoms with Gasteiger partial charge in [0.2, 0.25) is 0 Å². The standard InChI is InChI=1S/C15H14O2/c1-11-6-5-9-13(15(16)17)14(11)10-12-7-3-2-4-8-12/h2-10,13H,1H3,(H,16,17). The summed E-state index contributed by atoms with van der Waals surface area (Å²) in [5.41, 5.74) is 2.88. The minimum absolute atomic E-state index is 0.541. The van der Waals surface area contributed by atoms with E-state index >= 15 is 0 Å². The van der Waals surface area contributed by atoms with Gasteiger partial charge in [0.25, 0.3) is 0 Å². The average molecular weight is 226 g/mol. The second-order valence-corrected chi connectivity index (χ2v) is 4.06. The first-order valence-electron chi connectivity index (χ1n) is 5.53. The van der Waals surface area contributed by atoms with Crippen molar-refractivity contribution in [3.63, 3.8) is 0 Å². The highest BCUT2D eigenvalue weighted by Gasteiger charge is 2.22. The Morgan fingerprint density at radius 2 is 2.00 bits per heavy atom. The van der Waals surface area contributed by atoms with Crippen molar-refractivity contribution in [1.82, 2.24) is 0 Å². The first-order chi connectivity index (χ1) is 8.18. The molecule has 1 N–H and O–H groups in total. The van der Waals surface area contributed by atoms with Crippen LogP contribution >= 0.6 is 0 Å². The molecule has 86 valence electrons. The van der Waals surface area contributed by atoms with Crippen LogP contribution in [-0.4, -0.2) is 11.1 Å². The Kier molecular flexibility index (Phi) is 3.24. The number of hydrogen-bond donors (Lipinski definition) is 1. The summed E-state index contributed by atoms with van der Waals surface area (Å²) in [5.74, 6) is -1.35. The van der Waals surface area contributed by atoms with Crippen molar-refractivity contribution in [3.05, 3.63) is 65.3 Å². The number of benzene rings is 1. The van der Waals surface area contributed by atoms with E-state index in [2.05, 4.69) is 0 Å². The lowest BCUT2D eigenvalue weighted by atomic mass is 9.87. The van der Waals surface area contributed by atoms with Crippen molar-refractivity contribution in [1.29, 1.82) is 0 Å². The number of hydrogen-bond acceptors (Lipinski definition) is 1. The predicted molar refractivity (Wildman–Crippen MR) is 68.4 cm³/mol. The maximum atomic E-state index is 11.2. The summed E-state index contributed by atoms with van der Waals surface area (Å²) < 4.78 is 0. The zero-order valence-electron chi connectivity index (χ0n) is 9.63. The van der Waals surface area contributed by atoms with Gasteiger partial charge in [0, 0.05) is 0 Å². The maximum absolute atomic E-state index is 11.2. The minimum Gasteiger partial charge on any atom is -0.481 e. The third-order valence-corrected chi connectivity index (χ3v) is 2.83. The summed E-state index contributed by atoms with van der Waals surface area (Å²) in [4.78, 5) is 11.2. The molecule has 0 fully saturated rings. The fourth-order valence-corrected chi connectivity index (χ4v) is 1.90. The molecule has 0 spiro atoms. The van der Waals surface area contributed by atoms with Crippen molar-refractivity contribution in [3.8, 4) is 0 Å². The molecular formula is C15H14O2. The van der Waals surface area contributed by atoms with Crippen LogP contribution < -0.4 is 0 Å². The first kappa shape index (κ1) is 11.4. The Balaban J connectivity index is 2.41. The van der Waals surface area contributed by atoms with Crippen LogP contribution in [0.2, 0.25) is 0 Å². The molecule has 0 radical (unpaired) electrons. The van der Waals surface area contributed by atoms with Gasteiger partial charge in [-0.3, -0.25) is 4.79 Å². The lowest BCUT2D eigenvalue weighted by molar-refractivity contribution is -0.138. The maximum Gasteiger partial charge on any atom is 0.314 e. The van der Waals surface area contributed by atoms with Gasteiger partial charge in [0.05, 0.1) is 0 Å². The highest BCUT2D eigenvalue weighted by molar-refractivity contribution is 5.81. The molecule has 2 rings (SSSR count).